The Kier molecular flexibility index (Phi) is 3.67. The molecule has 0 spiro atoms. The van der Waals surface area contributed by atoms with Crippen LogP contribution < -0.4 is 0 Å². The third-order valence-electron chi connectivity index (χ3n) is 2.51. The monoisotopic (exact) mass is 182 g/mol. The molecular formula is C11H18O2. The molecule has 0 aromatic rings. The van der Waals surface area contributed by atoms with Gasteiger partial charge in [0.1, 0.15) is 0 Å². The highest BCUT2D eigenvalue weighted by molar-refractivity contribution is 5.95. The molecule has 13 heavy (non-hydrogen) atoms. The van der Waals surface area contributed by atoms with Crippen LogP contribution in [0.25, 0.3) is 0 Å². The minimum absolute atomic E-state index is 0.0700. The largest absolute Gasteiger partial charge is 0.378 e. The Labute approximate surface area is 80.0 Å². The molecule has 0 N–H and O–H groups in total. The van der Waals surface area contributed by atoms with Crippen LogP contribution >= 0.6 is 0 Å². The average molecular weight is 182 g/mol. The van der Waals surface area contributed by atoms with Crippen LogP contribution in [0.2, 0.25) is 0 Å². The van der Waals surface area contributed by atoms with Gasteiger partial charge in [0.15, 0.2) is 5.78 Å². The maximum atomic E-state index is 11.5. The zero-order valence-electron chi connectivity index (χ0n) is 8.51. The number of hydrogen-bond donors (Lipinski definition) is 0. The molecule has 0 amide bonds. The first-order valence-electron chi connectivity index (χ1n) is 4.92. The van der Waals surface area contributed by atoms with Crippen molar-refractivity contribution in [3.8, 4) is 0 Å². The summed E-state index contributed by atoms with van der Waals surface area (Å²) in [7, 11) is 0. The average Bonchev–Trinajstić information content (AvgIpc) is 2.55. The number of Topliss-reactive ketones (excluding diaryl/α,β-unsaturated/α-hetero) is 1. The van der Waals surface area contributed by atoms with Crippen LogP contribution in [0.4, 0.5) is 0 Å². The second-order valence-corrected chi connectivity index (χ2v) is 3.92. The van der Waals surface area contributed by atoms with E-state index in [2.05, 4.69) is 6.58 Å². The molecule has 1 aliphatic heterocycles. The van der Waals surface area contributed by atoms with E-state index < -0.39 is 0 Å². The molecule has 1 heterocycles. The van der Waals surface area contributed by atoms with Crippen molar-refractivity contribution in [2.45, 2.75) is 39.2 Å². The molecule has 0 radical (unpaired) electrons. The van der Waals surface area contributed by atoms with Crippen LogP contribution in [0.3, 0.4) is 0 Å². The first-order chi connectivity index (χ1) is 6.11. The van der Waals surface area contributed by atoms with E-state index in [0.29, 0.717) is 11.7 Å². The van der Waals surface area contributed by atoms with Crippen LogP contribution in [0, 0.1) is 5.92 Å². The van der Waals surface area contributed by atoms with Crippen molar-refractivity contribution >= 4 is 5.78 Å². The van der Waals surface area contributed by atoms with Crippen molar-refractivity contribution in [1.29, 1.82) is 0 Å². The summed E-state index contributed by atoms with van der Waals surface area (Å²) in [4.78, 5) is 11.5. The van der Waals surface area contributed by atoms with Gasteiger partial charge >= 0.3 is 0 Å². The number of hydrogen-bond acceptors (Lipinski definition) is 2. The molecule has 0 unspecified atom stereocenters. The van der Waals surface area contributed by atoms with Gasteiger partial charge in [-0.1, -0.05) is 13.5 Å². The Hall–Kier alpha value is -0.630. The first-order valence-corrected chi connectivity index (χ1v) is 4.92. The normalized spacial score (nSPS) is 24.3. The van der Waals surface area contributed by atoms with Crippen LogP contribution in [-0.2, 0) is 9.53 Å². The number of allylic oxidation sites excluding steroid dienone is 1. The van der Waals surface area contributed by atoms with Crippen molar-refractivity contribution in [1.82, 2.24) is 0 Å². The maximum Gasteiger partial charge on any atom is 0.160 e. The van der Waals surface area contributed by atoms with E-state index in [9.17, 15) is 4.79 Å². The van der Waals surface area contributed by atoms with Crippen LogP contribution in [0.5, 0.6) is 0 Å². The Morgan fingerprint density at radius 1 is 1.69 bits per heavy atom. The summed E-state index contributed by atoms with van der Waals surface area (Å²) in [5, 5.41) is 0. The fourth-order valence-corrected chi connectivity index (χ4v) is 1.75. The highest BCUT2D eigenvalue weighted by Crippen LogP contribution is 2.21. The lowest BCUT2D eigenvalue weighted by Gasteiger charge is -2.14. The zero-order chi connectivity index (χ0) is 9.84. The molecule has 0 saturated carbocycles. The van der Waals surface area contributed by atoms with Gasteiger partial charge in [0, 0.05) is 12.5 Å². The van der Waals surface area contributed by atoms with E-state index in [1.165, 1.54) is 0 Å². The number of ether oxygens (including phenoxy) is 1. The number of carbonyl (C=O) groups excluding carboxylic acids is 1. The van der Waals surface area contributed by atoms with Crippen molar-refractivity contribution in [3.05, 3.63) is 12.2 Å². The van der Waals surface area contributed by atoms with Gasteiger partial charge in [0.05, 0.1) is 6.10 Å². The molecule has 74 valence electrons. The molecule has 1 saturated heterocycles. The van der Waals surface area contributed by atoms with Gasteiger partial charge in [-0.3, -0.25) is 4.79 Å². The lowest BCUT2D eigenvalue weighted by Crippen LogP contribution is -2.18. The molecule has 0 aromatic heterocycles. The zero-order valence-corrected chi connectivity index (χ0v) is 8.51. The highest BCUT2D eigenvalue weighted by Gasteiger charge is 2.22. The van der Waals surface area contributed by atoms with Gasteiger partial charge in [-0.15, -0.1) is 0 Å². The topological polar surface area (TPSA) is 26.3 Å². The highest BCUT2D eigenvalue weighted by atomic mass is 16.5. The molecule has 2 atom stereocenters. The quantitative estimate of drug-likeness (QED) is 0.624. The molecule has 0 aromatic carbocycles. The third-order valence-corrected chi connectivity index (χ3v) is 2.51. The molecule has 0 bridgehead atoms. The second kappa shape index (κ2) is 4.56. The van der Waals surface area contributed by atoms with Crippen molar-refractivity contribution in [2.75, 3.05) is 6.61 Å². The summed E-state index contributed by atoms with van der Waals surface area (Å²) < 4.78 is 5.47. The molecule has 2 nitrogen and oxygen atoms in total. The van der Waals surface area contributed by atoms with Gasteiger partial charge in [0.2, 0.25) is 0 Å². The molecule has 1 fully saturated rings. The van der Waals surface area contributed by atoms with E-state index in [1.807, 2.05) is 6.92 Å². The summed E-state index contributed by atoms with van der Waals surface area (Å²) in [6.07, 6.45) is 3.40. The van der Waals surface area contributed by atoms with Crippen LogP contribution in [-0.4, -0.2) is 18.5 Å². The Morgan fingerprint density at radius 3 is 2.85 bits per heavy atom. The molecular weight excluding hydrogens is 164 g/mol. The summed E-state index contributed by atoms with van der Waals surface area (Å²) in [5.74, 6) is 0.246. The second-order valence-electron chi connectivity index (χ2n) is 3.92. The van der Waals surface area contributed by atoms with Crippen molar-refractivity contribution < 1.29 is 9.53 Å². The number of rotatable bonds is 4. The van der Waals surface area contributed by atoms with Crippen molar-refractivity contribution in [2.24, 2.45) is 5.92 Å². The summed E-state index contributed by atoms with van der Waals surface area (Å²) in [6, 6.07) is 0. The SMILES string of the molecule is C=C(C)C(=O)[C@@H](C)C[C@@H]1CCCO1. The minimum atomic E-state index is 0.0700. The molecule has 1 aliphatic rings. The number of carbonyl (C=O) groups is 1. The van der Waals surface area contributed by atoms with Gasteiger partial charge < -0.3 is 4.74 Å². The summed E-state index contributed by atoms with van der Waals surface area (Å²) >= 11 is 0. The summed E-state index contributed by atoms with van der Waals surface area (Å²) in [6.45, 7) is 8.25. The molecule has 2 heteroatoms. The van der Waals surface area contributed by atoms with Gasteiger partial charge in [-0.2, -0.15) is 0 Å². The lowest BCUT2D eigenvalue weighted by atomic mass is 9.94. The third kappa shape index (κ3) is 2.96. The predicted octanol–water partition coefficient (Wildman–Crippen LogP) is 2.34. The Balaban J connectivity index is 2.35. The van der Waals surface area contributed by atoms with E-state index >= 15 is 0 Å². The van der Waals surface area contributed by atoms with Gasteiger partial charge in [-0.25, -0.2) is 0 Å². The van der Waals surface area contributed by atoms with Gasteiger partial charge in [0.25, 0.3) is 0 Å². The van der Waals surface area contributed by atoms with E-state index in [0.717, 1.165) is 25.9 Å². The predicted molar refractivity (Wildman–Crippen MR) is 52.6 cm³/mol. The van der Waals surface area contributed by atoms with Crippen molar-refractivity contribution in [3.63, 3.8) is 0 Å². The number of ketones is 1. The molecule has 0 aliphatic carbocycles. The van der Waals surface area contributed by atoms with E-state index in [-0.39, 0.29) is 11.7 Å². The lowest BCUT2D eigenvalue weighted by molar-refractivity contribution is -0.119. The van der Waals surface area contributed by atoms with Crippen LogP contribution in [0.1, 0.15) is 33.1 Å². The standard InChI is InChI=1S/C11H18O2/c1-8(2)11(12)9(3)7-10-5-4-6-13-10/h9-10H,1,4-7H2,2-3H3/t9-,10-/m0/s1. The maximum absolute atomic E-state index is 11.5. The fraction of sp³-hybridized carbons (Fsp3) is 0.727. The summed E-state index contributed by atoms with van der Waals surface area (Å²) in [5.41, 5.74) is 0.658. The minimum Gasteiger partial charge on any atom is -0.378 e. The smallest absolute Gasteiger partial charge is 0.160 e. The Bertz CT molecular complexity index is 202. The fourth-order valence-electron chi connectivity index (χ4n) is 1.75. The first kappa shape index (κ1) is 10.5. The van der Waals surface area contributed by atoms with Gasteiger partial charge in [-0.05, 0) is 31.8 Å². The van der Waals surface area contributed by atoms with E-state index in [4.69, 9.17) is 4.74 Å². The van der Waals surface area contributed by atoms with E-state index in [1.54, 1.807) is 6.92 Å². The molecule has 1 rings (SSSR count). The Morgan fingerprint density at radius 2 is 2.38 bits per heavy atom. The van der Waals surface area contributed by atoms with Crippen LogP contribution in [0.15, 0.2) is 12.2 Å².